The van der Waals surface area contributed by atoms with Crippen LogP contribution >= 0.6 is 0 Å². The molecule has 1 heterocycles. The lowest BCUT2D eigenvalue weighted by Gasteiger charge is -2.13. The third-order valence-electron chi connectivity index (χ3n) is 5.79. The van der Waals surface area contributed by atoms with Gasteiger partial charge in [0.2, 0.25) is 0 Å². The van der Waals surface area contributed by atoms with Gasteiger partial charge >= 0.3 is 6.18 Å². The Bertz CT molecular complexity index is 1370. The number of hydrogen-bond acceptors (Lipinski definition) is 3. The molecule has 0 saturated carbocycles. The number of ether oxygens (including phenoxy) is 1. The molecular weight excluding hydrogens is 472 g/mol. The zero-order valence-corrected chi connectivity index (χ0v) is 19.9. The van der Waals surface area contributed by atoms with Crippen LogP contribution in [0.15, 0.2) is 84.0 Å². The van der Waals surface area contributed by atoms with E-state index < -0.39 is 11.7 Å². The fourth-order valence-corrected chi connectivity index (χ4v) is 3.96. The van der Waals surface area contributed by atoms with Crippen LogP contribution in [0.3, 0.4) is 0 Å². The van der Waals surface area contributed by atoms with Crippen LogP contribution in [0.4, 0.5) is 17.6 Å². The average Bonchev–Trinajstić information content (AvgIpc) is 3.21. The van der Waals surface area contributed by atoms with Crippen LogP contribution in [0.5, 0.6) is 5.75 Å². The van der Waals surface area contributed by atoms with Gasteiger partial charge in [0.05, 0.1) is 24.1 Å². The minimum atomic E-state index is -4.42. The Kier molecular flexibility index (Phi) is 7.15. The number of aromatic nitrogens is 1. The van der Waals surface area contributed by atoms with Crippen LogP contribution in [-0.2, 0) is 17.6 Å². The van der Waals surface area contributed by atoms with Crippen LogP contribution in [0, 0.1) is 12.7 Å². The minimum absolute atomic E-state index is 0.107. The highest BCUT2D eigenvalue weighted by Crippen LogP contribution is 2.32. The van der Waals surface area contributed by atoms with Crippen LogP contribution < -0.4 is 4.74 Å². The summed E-state index contributed by atoms with van der Waals surface area (Å²) in [6.07, 6.45) is -4.42. The number of oxime groups is 1. The molecule has 0 spiro atoms. The number of methoxy groups -OCH3 is 1. The maximum absolute atomic E-state index is 13.6. The zero-order valence-electron chi connectivity index (χ0n) is 19.9. The number of alkyl halides is 3. The highest BCUT2D eigenvalue weighted by Gasteiger charge is 2.30. The van der Waals surface area contributed by atoms with E-state index in [0.717, 1.165) is 40.3 Å². The van der Waals surface area contributed by atoms with Crippen molar-refractivity contribution in [2.45, 2.75) is 26.6 Å². The van der Waals surface area contributed by atoms with Gasteiger partial charge in [-0.2, -0.15) is 13.2 Å². The predicted molar refractivity (Wildman–Crippen MR) is 131 cm³/mol. The van der Waals surface area contributed by atoms with E-state index in [1.54, 1.807) is 32.2 Å². The molecule has 0 fully saturated rings. The molecule has 4 aromatic rings. The number of halogens is 4. The molecule has 0 atom stereocenters. The number of rotatable bonds is 7. The topological polar surface area (TPSA) is 35.8 Å². The van der Waals surface area contributed by atoms with Gasteiger partial charge in [-0.25, -0.2) is 4.39 Å². The monoisotopic (exact) mass is 496 g/mol. The van der Waals surface area contributed by atoms with E-state index in [1.807, 2.05) is 41.8 Å². The highest BCUT2D eigenvalue weighted by molar-refractivity contribution is 6.01. The molecule has 0 unspecified atom stereocenters. The predicted octanol–water partition coefficient (Wildman–Crippen LogP) is 7.56. The van der Waals surface area contributed by atoms with Gasteiger partial charge in [-0.15, -0.1) is 0 Å². The van der Waals surface area contributed by atoms with E-state index in [1.165, 1.54) is 18.2 Å². The number of benzene rings is 3. The second-order valence-electron chi connectivity index (χ2n) is 8.22. The first-order valence-corrected chi connectivity index (χ1v) is 11.1. The van der Waals surface area contributed by atoms with Crippen molar-refractivity contribution in [3.8, 4) is 22.7 Å². The van der Waals surface area contributed by atoms with Gasteiger partial charge in [-0.3, -0.25) is 0 Å². The molecule has 3 aromatic carbocycles. The lowest BCUT2D eigenvalue weighted by molar-refractivity contribution is -0.137. The second-order valence-corrected chi connectivity index (χ2v) is 8.22. The minimum Gasteiger partial charge on any atom is -0.497 e. The maximum Gasteiger partial charge on any atom is 0.416 e. The summed E-state index contributed by atoms with van der Waals surface area (Å²) in [5, 5.41) is 4.17. The van der Waals surface area contributed by atoms with Gasteiger partial charge < -0.3 is 14.1 Å². The SMILES string of the molecule is COc1ccc(-n2c(-c3ccc(F)cc3)cc(C(C)=NOCc3cccc(C(F)(F)F)c3)c2C)cc1. The van der Waals surface area contributed by atoms with Gasteiger partial charge in [0.1, 0.15) is 18.2 Å². The van der Waals surface area contributed by atoms with E-state index in [-0.39, 0.29) is 12.4 Å². The molecule has 0 saturated heterocycles. The lowest BCUT2D eigenvalue weighted by Crippen LogP contribution is -2.05. The molecule has 0 aliphatic heterocycles. The molecule has 0 radical (unpaired) electrons. The summed E-state index contributed by atoms with van der Waals surface area (Å²) in [5.41, 5.74) is 4.32. The van der Waals surface area contributed by atoms with Crippen molar-refractivity contribution in [2.24, 2.45) is 5.16 Å². The smallest absolute Gasteiger partial charge is 0.416 e. The molecule has 0 N–H and O–H groups in total. The first-order valence-electron chi connectivity index (χ1n) is 11.1. The Balaban J connectivity index is 1.67. The molecule has 36 heavy (non-hydrogen) atoms. The molecule has 4 nitrogen and oxygen atoms in total. The summed E-state index contributed by atoms with van der Waals surface area (Å²) in [6, 6.07) is 20.6. The van der Waals surface area contributed by atoms with Gasteiger partial charge in [-0.05, 0) is 91.7 Å². The zero-order chi connectivity index (χ0) is 25.9. The van der Waals surface area contributed by atoms with Crippen LogP contribution in [0.2, 0.25) is 0 Å². The van der Waals surface area contributed by atoms with Crippen molar-refractivity contribution in [3.05, 3.63) is 107 Å². The van der Waals surface area contributed by atoms with Gasteiger partial charge in [0.15, 0.2) is 0 Å². The average molecular weight is 497 g/mol. The van der Waals surface area contributed by atoms with Crippen molar-refractivity contribution in [2.75, 3.05) is 7.11 Å². The van der Waals surface area contributed by atoms with Gasteiger partial charge in [-0.1, -0.05) is 17.3 Å². The lowest BCUT2D eigenvalue weighted by atomic mass is 10.1. The summed E-state index contributed by atoms with van der Waals surface area (Å²) < 4.78 is 59.8. The quantitative estimate of drug-likeness (QED) is 0.150. The number of hydrogen-bond donors (Lipinski definition) is 0. The fourth-order valence-electron chi connectivity index (χ4n) is 3.96. The third kappa shape index (κ3) is 5.43. The van der Waals surface area contributed by atoms with Crippen molar-refractivity contribution < 1.29 is 27.1 Å². The van der Waals surface area contributed by atoms with Crippen molar-refractivity contribution in [1.29, 1.82) is 0 Å². The Morgan fingerprint density at radius 3 is 2.28 bits per heavy atom. The first-order chi connectivity index (χ1) is 17.2. The highest BCUT2D eigenvalue weighted by atomic mass is 19.4. The molecular formula is C28H24F4N2O2. The van der Waals surface area contributed by atoms with Crippen LogP contribution in [0.1, 0.15) is 29.3 Å². The molecule has 1 aromatic heterocycles. The van der Waals surface area contributed by atoms with Crippen LogP contribution in [0.25, 0.3) is 16.9 Å². The summed E-state index contributed by atoms with van der Waals surface area (Å²) in [6.45, 7) is 3.59. The first kappa shape index (κ1) is 25.0. The fraction of sp³-hybridized carbons (Fsp3) is 0.179. The van der Waals surface area contributed by atoms with E-state index in [0.29, 0.717) is 17.0 Å². The van der Waals surface area contributed by atoms with E-state index in [2.05, 4.69) is 5.16 Å². The third-order valence-corrected chi connectivity index (χ3v) is 5.79. The standard InChI is InChI=1S/C28H24F4N2O2/c1-18(33-36-17-20-5-4-6-22(15-20)28(30,31)32)26-16-27(21-7-9-23(29)10-8-21)34(19(26)2)24-11-13-25(35-3)14-12-24/h4-16H,17H2,1-3H3. The molecule has 0 amide bonds. The summed E-state index contributed by atoms with van der Waals surface area (Å²) in [4.78, 5) is 5.41. The van der Waals surface area contributed by atoms with E-state index in [4.69, 9.17) is 9.57 Å². The summed E-state index contributed by atoms with van der Waals surface area (Å²) in [5.74, 6) is 0.381. The van der Waals surface area contributed by atoms with E-state index in [9.17, 15) is 17.6 Å². The molecule has 0 aliphatic carbocycles. The molecule has 0 aliphatic rings. The van der Waals surface area contributed by atoms with Gasteiger partial charge in [0.25, 0.3) is 0 Å². The summed E-state index contributed by atoms with van der Waals surface area (Å²) in [7, 11) is 1.59. The Morgan fingerprint density at radius 2 is 1.64 bits per heavy atom. The Morgan fingerprint density at radius 1 is 0.944 bits per heavy atom. The van der Waals surface area contributed by atoms with Crippen molar-refractivity contribution >= 4 is 5.71 Å². The number of nitrogens with zero attached hydrogens (tertiary/aromatic N) is 2. The maximum atomic E-state index is 13.6. The second kappa shape index (κ2) is 10.3. The normalized spacial score (nSPS) is 12.0. The molecule has 8 heteroatoms. The Hall–Kier alpha value is -4.07. The van der Waals surface area contributed by atoms with E-state index >= 15 is 0 Å². The van der Waals surface area contributed by atoms with Gasteiger partial charge in [0, 0.05) is 16.9 Å². The molecule has 0 bridgehead atoms. The van der Waals surface area contributed by atoms with Crippen molar-refractivity contribution in [3.63, 3.8) is 0 Å². The van der Waals surface area contributed by atoms with Crippen LogP contribution in [-0.4, -0.2) is 17.4 Å². The molecule has 4 rings (SSSR count). The largest absolute Gasteiger partial charge is 0.497 e. The molecule has 186 valence electrons. The van der Waals surface area contributed by atoms with Crippen molar-refractivity contribution in [1.82, 2.24) is 4.57 Å². The summed E-state index contributed by atoms with van der Waals surface area (Å²) >= 11 is 0. The Labute approximate surface area is 206 Å².